The van der Waals surface area contributed by atoms with Crippen LogP contribution < -0.4 is 10.6 Å². The molecular formula is C17H21N5O3. The molecule has 1 heterocycles. The van der Waals surface area contributed by atoms with Gasteiger partial charge in [0.1, 0.15) is 12.1 Å². The highest BCUT2D eigenvalue weighted by Gasteiger charge is 2.38. The fourth-order valence-corrected chi connectivity index (χ4v) is 2.94. The van der Waals surface area contributed by atoms with Gasteiger partial charge < -0.3 is 10.6 Å². The summed E-state index contributed by atoms with van der Waals surface area (Å²) in [6.45, 7) is 3.19. The highest BCUT2D eigenvalue weighted by molar-refractivity contribution is 5.90. The first kappa shape index (κ1) is 17.1. The SMILES string of the molecule is CC1(C(=O)NCCCNc2ncnc3ccc([N+](=O)[O-])cc23)CCC1. The van der Waals surface area contributed by atoms with Crippen molar-refractivity contribution in [3.05, 3.63) is 34.6 Å². The third kappa shape index (κ3) is 3.67. The van der Waals surface area contributed by atoms with Gasteiger partial charge in [-0.3, -0.25) is 14.9 Å². The zero-order valence-electron chi connectivity index (χ0n) is 14.1. The normalized spacial score (nSPS) is 15.4. The molecule has 1 aromatic heterocycles. The van der Waals surface area contributed by atoms with E-state index >= 15 is 0 Å². The van der Waals surface area contributed by atoms with Gasteiger partial charge in [-0.1, -0.05) is 13.3 Å². The van der Waals surface area contributed by atoms with E-state index in [1.165, 1.54) is 18.5 Å². The van der Waals surface area contributed by atoms with Gasteiger partial charge in [-0.15, -0.1) is 0 Å². The van der Waals surface area contributed by atoms with E-state index < -0.39 is 4.92 Å². The minimum Gasteiger partial charge on any atom is -0.369 e. The lowest BCUT2D eigenvalue weighted by atomic mass is 9.70. The number of hydrogen-bond donors (Lipinski definition) is 2. The Balaban J connectivity index is 1.55. The number of carbonyl (C=O) groups excluding carboxylic acids is 1. The van der Waals surface area contributed by atoms with Crippen LogP contribution in [0.25, 0.3) is 10.9 Å². The summed E-state index contributed by atoms with van der Waals surface area (Å²) in [5, 5.41) is 17.7. The van der Waals surface area contributed by atoms with E-state index in [2.05, 4.69) is 20.6 Å². The van der Waals surface area contributed by atoms with Gasteiger partial charge in [0.2, 0.25) is 5.91 Å². The van der Waals surface area contributed by atoms with E-state index in [0.29, 0.717) is 29.8 Å². The monoisotopic (exact) mass is 343 g/mol. The highest BCUT2D eigenvalue weighted by atomic mass is 16.6. The molecule has 0 atom stereocenters. The van der Waals surface area contributed by atoms with Gasteiger partial charge in [0.25, 0.3) is 5.69 Å². The molecule has 8 heteroatoms. The summed E-state index contributed by atoms with van der Waals surface area (Å²) in [4.78, 5) is 30.8. The summed E-state index contributed by atoms with van der Waals surface area (Å²) in [6.07, 6.45) is 5.21. The quantitative estimate of drug-likeness (QED) is 0.454. The van der Waals surface area contributed by atoms with Crippen LogP contribution in [-0.4, -0.2) is 33.9 Å². The van der Waals surface area contributed by atoms with Crippen LogP contribution in [0.3, 0.4) is 0 Å². The maximum Gasteiger partial charge on any atom is 0.270 e. The zero-order valence-corrected chi connectivity index (χ0v) is 14.1. The number of amides is 1. The zero-order chi connectivity index (χ0) is 17.9. The van der Waals surface area contributed by atoms with Crippen molar-refractivity contribution in [3.8, 4) is 0 Å². The first-order valence-electron chi connectivity index (χ1n) is 8.41. The van der Waals surface area contributed by atoms with Crippen LogP contribution >= 0.6 is 0 Å². The Morgan fingerprint density at radius 1 is 1.32 bits per heavy atom. The van der Waals surface area contributed by atoms with Gasteiger partial charge in [-0.2, -0.15) is 0 Å². The average molecular weight is 343 g/mol. The van der Waals surface area contributed by atoms with Gasteiger partial charge in [0.15, 0.2) is 0 Å². The minimum absolute atomic E-state index is 0.00588. The summed E-state index contributed by atoms with van der Waals surface area (Å²) in [7, 11) is 0. The Hall–Kier alpha value is -2.77. The van der Waals surface area contributed by atoms with Crippen LogP contribution in [0.2, 0.25) is 0 Å². The number of rotatable bonds is 7. The van der Waals surface area contributed by atoms with E-state index in [0.717, 1.165) is 25.7 Å². The molecule has 1 aliphatic carbocycles. The highest BCUT2D eigenvalue weighted by Crippen LogP contribution is 2.40. The second kappa shape index (κ2) is 7.00. The van der Waals surface area contributed by atoms with Crippen molar-refractivity contribution in [2.24, 2.45) is 5.41 Å². The number of nitrogens with one attached hydrogen (secondary N) is 2. The molecule has 132 valence electrons. The molecule has 8 nitrogen and oxygen atoms in total. The number of carbonyl (C=O) groups is 1. The Kier molecular flexibility index (Phi) is 4.78. The third-order valence-electron chi connectivity index (χ3n) is 4.77. The first-order chi connectivity index (χ1) is 12.0. The van der Waals surface area contributed by atoms with Crippen molar-refractivity contribution in [2.45, 2.75) is 32.6 Å². The Morgan fingerprint density at radius 3 is 2.80 bits per heavy atom. The van der Waals surface area contributed by atoms with Gasteiger partial charge in [0.05, 0.1) is 10.4 Å². The van der Waals surface area contributed by atoms with Crippen LogP contribution in [0.5, 0.6) is 0 Å². The lowest BCUT2D eigenvalue weighted by molar-refractivity contribution is -0.384. The fraction of sp³-hybridized carbons (Fsp3) is 0.471. The molecule has 0 spiro atoms. The number of nitrogens with zero attached hydrogens (tertiary/aromatic N) is 3. The molecule has 1 saturated carbocycles. The van der Waals surface area contributed by atoms with Gasteiger partial charge >= 0.3 is 0 Å². The summed E-state index contributed by atoms with van der Waals surface area (Å²) in [5.41, 5.74) is 0.468. The van der Waals surface area contributed by atoms with Crippen LogP contribution in [-0.2, 0) is 4.79 Å². The Labute approximate surface area is 145 Å². The Morgan fingerprint density at radius 2 is 2.12 bits per heavy atom. The summed E-state index contributed by atoms with van der Waals surface area (Å²) < 4.78 is 0. The molecule has 2 aromatic rings. The standard InChI is InChI=1S/C17H21N5O3/c1-17(6-2-7-17)16(23)19-9-3-8-18-15-13-10-12(22(24)25)4-5-14(13)20-11-21-15/h4-5,10-11H,2-3,6-9H2,1H3,(H,19,23)(H,18,20,21). The number of aromatic nitrogens is 2. The van der Waals surface area contributed by atoms with Crippen LogP contribution in [0.1, 0.15) is 32.6 Å². The lowest BCUT2D eigenvalue weighted by Crippen LogP contribution is -2.43. The van der Waals surface area contributed by atoms with E-state index in [9.17, 15) is 14.9 Å². The molecular weight excluding hydrogens is 322 g/mol. The average Bonchev–Trinajstić information content (AvgIpc) is 2.58. The minimum atomic E-state index is -0.438. The third-order valence-corrected chi connectivity index (χ3v) is 4.77. The molecule has 0 unspecified atom stereocenters. The van der Waals surface area contributed by atoms with E-state index in [1.807, 2.05) is 6.92 Å². The number of non-ortho nitro benzene ring substituents is 1. The maximum atomic E-state index is 12.0. The summed E-state index contributed by atoms with van der Waals surface area (Å²) in [5.74, 6) is 0.688. The molecule has 1 amide bonds. The molecule has 1 aliphatic rings. The number of fused-ring (bicyclic) bond motifs is 1. The summed E-state index contributed by atoms with van der Waals surface area (Å²) >= 11 is 0. The smallest absolute Gasteiger partial charge is 0.270 e. The molecule has 0 radical (unpaired) electrons. The van der Waals surface area contributed by atoms with Crippen LogP contribution in [0.4, 0.5) is 11.5 Å². The molecule has 1 aromatic carbocycles. The largest absolute Gasteiger partial charge is 0.369 e. The van der Waals surface area contributed by atoms with Gasteiger partial charge in [-0.05, 0) is 25.3 Å². The number of hydrogen-bond acceptors (Lipinski definition) is 6. The predicted octanol–water partition coefficient (Wildman–Crippen LogP) is 2.65. The van der Waals surface area contributed by atoms with Crippen molar-refractivity contribution >= 4 is 28.3 Å². The van der Waals surface area contributed by atoms with Crippen molar-refractivity contribution < 1.29 is 9.72 Å². The van der Waals surface area contributed by atoms with Crippen molar-refractivity contribution in [1.82, 2.24) is 15.3 Å². The molecule has 2 N–H and O–H groups in total. The van der Waals surface area contributed by atoms with Crippen LogP contribution in [0.15, 0.2) is 24.5 Å². The van der Waals surface area contributed by atoms with E-state index in [4.69, 9.17) is 0 Å². The van der Waals surface area contributed by atoms with Crippen molar-refractivity contribution in [3.63, 3.8) is 0 Å². The predicted molar refractivity (Wildman–Crippen MR) is 94.3 cm³/mol. The van der Waals surface area contributed by atoms with Crippen LogP contribution in [0, 0.1) is 15.5 Å². The first-order valence-corrected chi connectivity index (χ1v) is 8.41. The van der Waals surface area contributed by atoms with Crippen molar-refractivity contribution in [2.75, 3.05) is 18.4 Å². The van der Waals surface area contributed by atoms with E-state index in [-0.39, 0.29) is 17.0 Å². The van der Waals surface area contributed by atoms with E-state index in [1.54, 1.807) is 6.07 Å². The van der Waals surface area contributed by atoms with Crippen molar-refractivity contribution in [1.29, 1.82) is 0 Å². The molecule has 25 heavy (non-hydrogen) atoms. The molecule has 0 aliphatic heterocycles. The summed E-state index contributed by atoms with van der Waals surface area (Å²) in [6, 6.07) is 4.51. The topological polar surface area (TPSA) is 110 Å². The molecule has 3 rings (SSSR count). The van der Waals surface area contributed by atoms with Gasteiger partial charge in [0, 0.05) is 36.0 Å². The Bertz CT molecular complexity index is 804. The maximum absolute atomic E-state index is 12.0. The second-order valence-electron chi connectivity index (χ2n) is 6.63. The fourth-order valence-electron chi connectivity index (χ4n) is 2.94. The number of nitro groups is 1. The molecule has 0 bridgehead atoms. The number of benzene rings is 1. The number of nitro benzene ring substituents is 1. The molecule has 1 fully saturated rings. The lowest BCUT2D eigenvalue weighted by Gasteiger charge is -2.36. The van der Waals surface area contributed by atoms with Gasteiger partial charge in [-0.25, -0.2) is 9.97 Å². The second-order valence-corrected chi connectivity index (χ2v) is 6.63. The number of anilines is 1. The molecule has 0 saturated heterocycles.